The van der Waals surface area contributed by atoms with Crippen LogP contribution in [0.1, 0.15) is 41.2 Å². The standard InChI is InChI=1S/C20H20/c1-13-10-16-12-15-7-5-9-18(15)20(19(16)11-13)17-8-4-3-6-14(17)2/h3-4,6,8,11-12H,5,7,9-10H2,1-2H3. The topological polar surface area (TPSA) is 0 Å². The van der Waals surface area contributed by atoms with E-state index < -0.39 is 0 Å². The number of hydrogen-bond donors (Lipinski definition) is 0. The molecule has 2 aromatic carbocycles. The molecule has 2 aliphatic rings. The Labute approximate surface area is 121 Å². The Morgan fingerprint density at radius 1 is 0.950 bits per heavy atom. The van der Waals surface area contributed by atoms with Gasteiger partial charge in [-0.2, -0.15) is 0 Å². The van der Waals surface area contributed by atoms with E-state index in [0.717, 1.165) is 6.42 Å². The third-order valence-electron chi connectivity index (χ3n) is 4.80. The van der Waals surface area contributed by atoms with Gasteiger partial charge >= 0.3 is 0 Å². The zero-order valence-electron chi connectivity index (χ0n) is 12.3. The van der Waals surface area contributed by atoms with Crippen LogP contribution in [-0.2, 0) is 19.3 Å². The molecule has 0 amide bonds. The van der Waals surface area contributed by atoms with E-state index in [4.69, 9.17) is 0 Å². The van der Waals surface area contributed by atoms with Crippen LogP contribution in [0, 0.1) is 6.92 Å². The molecule has 0 heteroatoms. The van der Waals surface area contributed by atoms with Crippen LogP contribution in [0.5, 0.6) is 0 Å². The highest BCUT2D eigenvalue weighted by atomic mass is 14.3. The van der Waals surface area contributed by atoms with Crippen LogP contribution in [0.25, 0.3) is 17.2 Å². The van der Waals surface area contributed by atoms with Crippen LogP contribution in [-0.4, -0.2) is 0 Å². The first-order valence-corrected chi connectivity index (χ1v) is 7.65. The Bertz CT molecular complexity index is 732. The zero-order valence-corrected chi connectivity index (χ0v) is 12.3. The van der Waals surface area contributed by atoms with Gasteiger partial charge in [0, 0.05) is 0 Å². The van der Waals surface area contributed by atoms with Crippen molar-refractivity contribution in [2.75, 3.05) is 0 Å². The molecule has 0 aromatic heterocycles. The predicted octanol–water partition coefficient (Wildman–Crippen LogP) is 5.11. The molecule has 4 rings (SSSR count). The van der Waals surface area contributed by atoms with Gasteiger partial charge in [0.05, 0.1) is 0 Å². The minimum absolute atomic E-state index is 1.14. The van der Waals surface area contributed by atoms with E-state index in [0.29, 0.717) is 0 Å². The van der Waals surface area contributed by atoms with Gasteiger partial charge in [0.25, 0.3) is 0 Å². The molecule has 0 saturated carbocycles. The molecule has 0 unspecified atom stereocenters. The van der Waals surface area contributed by atoms with Crippen molar-refractivity contribution in [3.63, 3.8) is 0 Å². The van der Waals surface area contributed by atoms with Crippen molar-refractivity contribution in [2.24, 2.45) is 0 Å². The molecule has 2 aromatic rings. The van der Waals surface area contributed by atoms with Crippen molar-refractivity contribution in [1.82, 2.24) is 0 Å². The van der Waals surface area contributed by atoms with Crippen LogP contribution in [0.15, 0.2) is 35.9 Å². The maximum atomic E-state index is 2.48. The SMILES string of the molecule is CC1=Cc2c(cc3c(c2-c2ccccc2C)CCC3)C1. The van der Waals surface area contributed by atoms with E-state index in [-0.39, 0.29) is 0 Å². The molecule has 0 bridgehead atoms. The fraction of sp³-hybridized carbons (Fsp3) is 0.300. The molecule has 20 heavy (non-hydrogen) atoms. The van der Waals surface area contributed by atoms with Gasteiger partial charge < -0.3 is 0 Å². The molecular weight excluding hydrogens is 240 g/mol. The van der Waals surface area contributed by atoms with Gasteiger partial charge in [0.1, 0.15) is 0 Å². The molecule has 0 atom stereocenters. The van der Waals surface area contributed by atoms with Gasteiger partial charge in [-0.15, -0.1) is 0 Å². The van der Waals surface area contributed by atoms with Gasteiger partial charge in [0.15, 0.2) is 0 Å². The highest BCUT2D eigenvalue weighted by molar-refractivity contribution is 5.85. The Hall–Kier alpha value is -1.82. The first-order chi connectivity index (χ1) is 9.74. The normalized spacial score (nSPS) is 16.0. The minimum atomic E-state index is 1.14. The van der Waals surface area contributed by atoms with Gasteiger partial charge in [0.2, 0.25) is 0 Å². The first kappa shape index (κ1) is 12.0. The Kier molecular flexibility index (Phi) is 2.60. The van der Waals surface area contributed by atoms with Crippen LogP contribution >= 0.6 is 0 Å². The van der Waals surface area contributed by atoms with Crippen LogP contribution in [0.4, 0.5) is 0 Å². The van der Waals surface area contributed by atoms with Crippen molar-refractivity contribution in [2.45, 2.75) is 39.5 Å². The van der Waals surface area contributed by atoms with E-state index in [1.165, 1.54) is 47.1 Å². The van der Waals surface area contributed by atoms with Gasteiger partial charge in [-0.3, -0.25) is 0 Å². The highest BCUT2D eigenvalue weighted by Crippen LogP contribution is 2.42. The predicted molar refractivity (Wildman–Crippen MR) is 86.0 cm³/mol. The quantitative estimate of drug-likeness (QED) is 0.668. The summed E-state index contributed by atoms with van der Waals surface area (Å²) in [7, 11) is 0. The molecule has 0 nitrogen and oxygen atoms in total. The molecule has 0 aliphatic heterocycles. The number of hydrogen-bond acceptors (Lipinski definition) is 0. The Balaban J connectivity index is 2.06. The third-order valence-corrected chi connectivity index (χ3v) is 4.80. The minimum Gasteiger partial charge on any atom is -0.0683 e. The lowest BCUT2D eigenvalue weighted by Crippen LogP contribution is -1.97. The molecular formula is C20H20. The van der Waals surface area contributed by atoms with Gasteiger partial charge in [-0.05, 0) is 78.5 Å². The maximum absolute atomic E-state index is 2.48. The second kappa shape index (κ2) is 4.34. The smallest absolute Gasteiger partial charge is 0.00603 e. The monoisotopic (exact) mass is 260 g/mol. The molecule has 0 radical (unpaired) electrons. The molecule has 0 spiro atoms. The summed E-state index contributed by atoms with van der Waals surface area (Å²) in [5, 5.41) is 0. The number of allylic oxidation sites excluding steroid dienone is 1. The van der Waals surface area contributed by atoms with Crippen molar-refractivity contribution in [3.05, 3.63) is 63.7 Å². The molecule has 0 N–H and O–H groups in total. The third kappa shape index (κ3) is 1.67. The Morgan fingerprint density at radius 2 is 1.80 bits per heavy atom. The lowest BCUT2D eigenvalue weighted by atomic mass is 9.88. The summed E-state index contributed by atoms with van der Waals surface area (Å²) in [6, 6.07) is 11.3. The molecule has 0 saturated heterocycles. The summed E-state index contributed by atoms with van der Waals surface area (Å²) in [4.78, 5) is 0. The number of aryl methyl sites for hydroxylation is 2. The first-order valence-electron chi connectivity index (χ1n) is 7.65. The average molecular weight is 260 g/mol. The molecule has 100 valence electrons. The molecule has 0 heterocycles. The number of rotatable bonds is 1. The average Bonchev–Trinajstić information content (AvgIpc) is 3.02. The highest BCUT2D eigenvalue weighted by Gasteiger charge is 2.24. The fourth-order valence-corrected chi connectivity index (χ4v) is 3.89. The molecule has 0 fully saturated rings. The fourth-order valence-electron chi connectivity index (χ4n) is 3.89. The van der Waals surface area contributed by atoms with E-state index in [1.54, 1.807) is 16.7 Å². The van der Waals surface area contributed by atoms with E-state index in [9.17, 15) is 0 Å². The van der Waals surface area contributed by atoms with E-state index in [1.807, 2.05) is 0 Å². The lowest BCUT2D eigenvalue weighted by Gasteiger charge is -2.16. The maximum Gasteiger partial charge on any atom is -0.00603 e. The van der Waals surface area contributed by atoms with Crippen LogP contribution in [0.3, 0.4) is 0 Å². The van der Waals surface area contributed by atoms with Gasteiger partial charge in [-0.1, -0.05) is 42.0 Å². The van der Waals surface area contributed by atoms with Crippen molar-refractivity contribution in [3.8, 4) is 11.1 Å². The summed E-state index contributed by atoms with van der Waals surface area (Å²) in [5.74, 6) is 0. The summed E-state index contributed by atoms with van der Waals surface area (Å²) in [6.45, 7) is 4.49. The number of fused-ring (bicyclic) bond motifs is 2. The summed E-state index contributed by atoms with van der Waals surface area (Å²) in [5.41, 5.74) is 12.1. The second-order valence-electron chi connectivity index (χ2n) is 6.30. The van der Waals surface area contributed by atoms with Crippen molar-refractivity contribution in [1.29, 1.82) is 0 Å². The van der Waals surface area contributed by atoms with Crippen molar-refractivity contribution < 1.29 is 0 Å². The lowest BCUT2D eigenvalue weighted by molar-refractivity contribution is 0.911. The van der Waals surface area contributed by atoms with E-state index in [2.05, 4.69) is 50.3 Å². The molecule has 2 aliphatic carbocycles. The zero-order chi connectivity index (χ0) is 13.7. The summed E-state index contributed by atoms with van der Waals surface area (Å²) < 4.78 is 0. The van der Waals surface area contributed by atoms with Gasteiger partial charge in [-0.25, -0.2) is 0 Å². The summed E-state index contributed by atoms with van der Waals surface area (Å²) in [6.07, 6.45) is 7.39. The van der Waals surface area contributed by atoms with Crippen LogP contribution in [0.2, 0.25) is 0 Å². The largest absolute Gasteiger partial charge is 0.0683 e. The van der Waals surface area contributed by atoms with Crippen molar-refractivity contribution >= 4 is 6.08 Å². The Morgan fingerprint density at radius 3 is 2.65 bits per heavy atom. The second-order valence-corrected chi connectivity index (χ2v) is 6.30. The van der Waals surface area contributed by atoms with Crippen LogP contribution < -0.4 is 0 Å². The van der Waals surface area contributed by atoms with E-state index >= 15 is 0 Å². The number of benzene rings is 2. The summed E-state index contributed by atoms with van der Waals surface area (Å²) >= 11 is 0.